The van der Waals surface area contributed by atoms with Gasteiger partial charge < -0.3 is 14.3 Å². The average molecular weight is 226 g/mol. The van der Waals surface area contributed by atoms with Crippen LogP contribution in [0.5, 0.6) is 0 Å². The molecule has 2 heterocycles. The molecule has 0 aromatic carbocycles. The molecule has 0 saturated carbocycles. The lowest BCUT2D eigenvalue weighted by Crippen LogP contribution is -2.35. The molecule has 2 bridgehead atoms. The second-order valence-electron chi connectivity index (χ2n) is 4.55. The van der Waals surface area contributed by atoms with E-state index in [1.807, 2.05) is 6.92 Å². The Kier molecular flexibility index (Phi) is 3.59. The summed E-state index contributed by atoms with van der Waals surface area (Å²) in [7, 11) is 0. The van der Waals surface area contributed by atoms with Crippen molar-refractivity contribution < 1.29 is 19.1 Å². The van der Waals surface area contributed by atoms with Gasteiger partial charge in [0.15, 0.2) is 0 Å². The third-order valence-corrected chi connectivity index (χ3v) is 3.50. The van der Waals surface area contributed by atoms with Crippen LogP contribution in [0.3, 0.4) is 0 Å². The van der Waals surface area contributed by atoms with Gasteiger partial charge in [0.1, 0.15) is 6.29 Å². The van der Waals surface area contributed by atoms with E-state index in [0.717, 1.165) is 32.0 Å². The minimum absolute atomic E-state index is 0.0498. The van der Waals surface area contributed by atoms with Gasteiger partial charge in [0.2, 0.25) is 0 Å². The summed E-state index contributed by atoms with van der Waals surface area (Å²) >= 11 is 0. The van der Waals surface area contributed by atoms with Gasteiger partial charge in [0.25, 0.3) is 0 Å². The highest BCUT2D eigenvalue weighted by atomic mass is 16.5. The van der Waals surface area contributed by atoms with E-state index in [1.165, 1.54) is 0 Å². The van der Waals surface area contributed by atoms with Crippen molar-refractivity contribution in [1.29, 1.82) is 0 Å². The molecule has 2 rings (SSSR count). The molecule has 2 aliphatic rings. The van der Waals surface area contributed by atoms with Gasteiger partial charge in [-0.2, -0.15) is 0 Å². The number of carbonyl (C=O) groups excluding carboxylic acids is 2. The quantitative estimate of drug-likeness (QED) is 0.403. The van der Waals surface area contributed by atoms with Gasteiger partial charge in [-0.05, 0) is 19.3 Å². The first-order valence-corrected chi connectivity index (χ1v) is 6.05. The Morgan fingerprint density at radius 1 is 1.44 bits per heavy atom. The number of fused-ring (bicyclic) bond motifs is 2. The van der Waals surface area contributed by atoms with Gasteiger partial charge in [-0.25, -0.2) is 0 Å². The molecule has 0 radical (unpaired) electrons. The molecule has 16 heavy (non-hydrogen) atoms. The summed E-state index contributed by atoms with van der Waals surface area (Å²) in [6.45, 7) is 2.50. The molecule has 0 aromatic rings. The van der Waals surface area contributed by atoms with Gasteiger partial charge in [-0.1, -0.05) is 13.3 Å². The molecule has 0 amide bonds. The fourth-order valence-electron chi connectivity index (χ4n) is 2.61. The molecular weight excluding hydrogens is 208 g/mol. The molecule has 2 fully saturated rings. The first kappa shape index (κ1) is 11.6. The van der Waals surface area contributed by atoms with Crippen molar-refractivity contribution in [2.24, 2.45) is 11.8 Å². The highest BCUT2D eigenvalue weighted by Crippen LogP contribution is 2.42. The SMILES string of the molecule is CCCCOC(=O)C1C2CCC(O2)C1C=O. The number of unbranched alkanes of at least 4 members (excludes halogenated alkanes) is 1. The number of hydrogen-bond donors (Lipinski definition) is 0. The second-order valence-corrected chi connectivity index (χ2v) is 4.55. The zero-order valence-corrected chi connectivity index (χ0v) is 9.56. The maximum atomic E-state index is 11.8. The maximum absolute atomic E-state index is 11.8. The van der Waals surface area contributed by atoms with Crippen LogP contribution in [0, 0.1) is 11.8 Å². The zero-order chi connectivity index (χ0) is 11.5. The summed E-state index contributed by atoms with van der Waals surface area (Å²) < 4.78 is 10.8. The monoisotopic (exact) mass is 226 g/mol. The Hall–Kier alpha value is -0.900. The molecule has 2 aliphatic heterocycles. The number of esters is 1. The lowest BCUT2D eigenvalue weighted by Gasteiger charge is -2.21. The first-order valence-electron chi connectivity index (χ1n) is 6.05. The van der Waals surface area contributed by atoms with Gasteiger partial charge >= 0.3 is 5.97 Å². The number of ether oxygens (including phenoxy) is 2. The van der Waals surface area contributed by atoms with Crippen LogP contribution in [-0.2, 0) is 19.1 Å². The van der Waals surface area contributed by atoms with Crippen LogP contribution in [0.25, 0.3) is 0 Å². The lowest BCUT2D eigenvalue weighted by atomic mass is 9.80. The molecule has 4 atom stereocenters. The van der Waals surface area contributed by atoms with Gasteiger partial charge in [-0.3, -0.25) is 4.79 Å². The van der Waals surface area contributed by atoms with Crippen molar-refractivity contribution in [2.75, 3.05) is 6.61 Å². The average Bonchev–Trinajstić information content (AvgIpc) is 2.88. The van der Waals surface area contributed by atoms with Crippen molar-refractivity contribution in [1.82, 2.24) is 0 Å². The fourth-order valence-corrected chi connectivity index (χ4v) is 2.61. The summed E-state index contributed by atoms with van der Waals surface area (Å²) in [5, 5.41) is 0. The van der Waals surface area contributed by atoms with Crippen LogP contribution in [0.1, 0.15) is 32.6 Å². The minimum Gasteiger partial charge on any atom is -0.465 e. The van der Waals surface area contributed by atoms with Crippen LogP contribution in [-0.4, -0.2) is 31.1 Å². The molecule has 0 N–H and O–H groups in total. The molecule has 4 unspecified atom stereocenters. The number of hydrogen-bond acceptors (Lipinski definition) is 4. The summed E-state index contributed by atoms with van der Waals surface area (Å²) in [5.41, 5.74) is 0. The Bertz CT molecular complexity index is 276. The Balaban J connectivity index is 1.92. The van der Waals surface area contributed by atoms with E-state index in [9.17, 15) is 9.59 Å². The third kappa shape index (κ3) is 1.98. The van der Waals surface area contributed by atoms with Crippen LogP contribution in [0.2, 0.25) is 0 Å². The van der Waals surface area contributed by atoms with E-state index in [4.69, 9.17) is 9.47 Å². The predicted octanol–water partition coefficient (Wildman–Crippen LogP) is 1.32. The van der Waals surface area contributed by atoms with Gasteiger partial charge in [0.05, 0.1) is 30.7 Å². The van der Waals surface area contributed by atoms with Crippen molar-refractivity contribution in [3.05, 3.63) is 0 Å². The smallest absolute Gasteiger partial charge is 0.312 e. The molecule has 0 spiro atoms. The van der Waals surface area contributed by atoms with E-state index in [-0.39, 0.29) is 30.0 Å². The molecule has 90 valence electrons. The summed E-state index contributed by atoms with van der Waals surface area (Å²) in [6, 6.07) is 0. The summed E-state index contributed by atoms with van der Waals surface area (Å²) in [4.78, 5) is 22.8. The minimum atomic E-state index is -0.354. The Morgan fingerprint density at radius 3 is 2.88 bits per heavy atom. The van der Waals surface area contributed by atoms with E-state index < -0.39 is 0 Å². The topological polar surface area (TPSA) is 52.6 Å². The number of aldehydes is 1. The maximum Gasteiger partial charge on any atom is 0.312 e. The van der Waals surface area contributed by atoms with Gasteiger partial charge in [0, 0.05) is 0 Å². The van der Waals surface area contributed by atoms with E-state index in [2.05, 4.69) is 0 Å². The molecule has 0 aromatic heterocycles. The van der Waals surface area contributed by atoms with Crippen LogP contribution in [0.15, 0.2) is 0 Å². The lowest BCUT2D eigenvalue weighted by molar-refractivity contribution is -0.152. The predicted molar refractivity (Wildman–Crippen MR) is 56.8 cm³/mol. The van der Waals surface area contributed by atoms with Crippen molar-refractivity contribution in [3.63, 3.8) is 0 Å². The number of rotatable bonds is 5. The highest BCUT2D eigenvalue weighted by Gasteiger charge is 2.52. The molecular formula is C12H18O4. The Labute approximate surface area is 95.3 Å². The van der Waals surface area contributed by atoms with Crippen molar-refractivity contribution in [2.45, 2.75) is 44.8 Å². The highest BCUT2D eigenvalue weighted by molar-refractivity contribution is 5.78. The van der Waals surface area contributed by atoms with Crippen molar-refractivity contribution >= 4 is 12.3 Å². The largest absolute Gasteiger partial charge is 0.465 e. The molecule has 4 heteroatoms. The fraction of sp³-hybridized carbons (Fsp3) is 0.833. The first-order chi connectivity index (χ1) is 7.77. The molecule has 4 nitrogen and oxygen atoms in total. The van der Waals surface area contributed by atoms with E-state index in [0.29, 0.717) is 6.61 Å². The van der Waals surface area contributed by atoms with E-state index >= 15 is 0 Å². The molecule has 0 aliphatic carbocycles. The zero-order valence-electron chi connectivity index (χ0n) is 9.56. The van der Waals surface area contributed by atoms with Crippen LogP contribution in [0.4, 0.5) is 0 Å². The standard InChI is InChI=1S/C12H18O4/c1-2-3-6-15-12(14)11-8(7-13)9-4-5-10(11)16-9/h7-11H,2-6H2,1H3. The van der Waals surface area contributed by atoms with Gasteiger partial charge in [-0.15, -0.1) is 0 Å². The van der Waals surface area contributed by atoms with E-state index in [1.54, 1.807) is 0 Å². The normalized spacial score (nSPS) is 36.3. The Morgan fingerprint density at radius 2 is 2.19 bits per heavy atom. The number of carbonyl (C=O) groups is 2. The summed E-state index contributed by atoms with van der Waals surface area (Å²) in [5.74, 6) is -0.890. The van der Waals surface area contributed by atoms with Crippen LogP contribution >= 0.6 is 0 Å². The second kappa shape index (κ2) is 4.95. The molecule has 2 saturated heterocycles. The van der Waals surface area contributed by atoms with Crippen LogP contribution < -0.4 is 0 Å². The van der Waals surface area contributed by atoms with Crippen molar-refractivity contribution in [3.8, 4) is 0 Å². The summed E-state index contributed by atoms with van der Waals surface area (Å²) in [6.07, 6.45) is 4.36. The third-order valence-electron chi connectivity index (χ3n) is 3.50.